The molecule has 1 heterocycles. The molecular formula is C24H26ClN3O2. The summed E-state index contributed by atoms with van der Waals surface area (Å²) < 4.78 is 5.51. The summed E-state index contributed by atoms with van der Waals surface area (Å²) in [6, 6.07) is 16.3. The Labute approximate surface area is 182 Å². The van der Waals surface area contributed by atoms with Crippen LogP contribution in [0.3, 0.4) is 0 Å². The molecule has 0 aliphatic rings. The number of hydrogen-bond acceptors (Lipinski definition) is 4. The number of carbonyl (C=O) groups is 1. The second-order valence-electron chi connectivity index (χ2n) is 7.01. The van der Waals surface area contributed by atoms with E-state index < -0.39 is 0 Å². The number of halogens is 1. The largest absolute Gasteiger partial charge is 0.397 e. The first-order valence-corrected chi connectivity index (χ1v) is 10.4. The normalized spacial score (nSPS) is 10.7. The molecule has 6 heteroatoms. The van der Waals surface area contributed by atoms with Crippen LogP contribution in [-0.2, 0) is 11.2 Å². The van der Waals surface area contributed by atoms with Gasteiger partial charge in [-0.05, 0) is 55.2 Å². The van der Waals surface area contributed by atoms with Crippen LogP contribution in [0.5, 0.6) is 0 Å². The van der Waals surface area contributed by atoms with Crippen LogP contribution in [0.15, 0.2) is 60.8 Å². The number of nitrogens with one attached hydrogen (secondary N) is 1. The highest BCUT2D eigenvalue weighted by Gasteiger charge is 2.11. The van der Waals surface area contributed by atoms with Crippen molar-refractivity contribution in [3.63, 3.8) is 0 Å². The van der Waals surface area contributed by atoms with Gasteiger partial charge in [-0.25, -0.2) is 0 Å². The van der Waals surface area contributed by atoms with Crippen molar-refractivity contribution < 1.29 is 9.53 Å². The molecule has 0 aliphatic heterocycles. The predicted octanol–water partition coefficient (Wildman–Crippen LogP) is 5.60. The Morgan fingerprint density at radius 1 is 1.13 bits per heavy atom. The Morgan fingerprint density at radius 3 is 2.60 bits per heavy atom. The lowest BCUT2D eigenvalue weighted by Gasteiger charge is -2.09. The lowest BCUT2D eigenvalue weighted by atomic mass is 10.1. The van der Waals surface area contributed by atoms with Crippen molar-refractivity contribution in [3.8, 4) is 11.3 Å². The third kappa shape index (κ3) is 5.81. The van der Waals surface area contributed by atoms with Gasteiger partial charge in [0.05, 0.1) is 22.1 Å². The summed E-state index contributed by atoms with van der Waals surface area (Å²) >= 11 is 6.47. The van der Waals surface area contributed by atoms with Gasteiger partial charge in [0.15, 0.2) is 0 Å². The van der Waals surface area contributed by atoms with Gasteiger partial charge in [-0.15, -0.1) is 0 Å². The van der Waals surface area contributed by atoms with Gasteiger partial charge >= 0.3 is 0 Å². The highest BCUT2D eigenvalue weighted by molar-refractivity contribution is 6.33. The number of amides is 1. The van der Waals surface area contributed by atoms with Gasteiger partial charge in [-0.1, -0.05) is 42.8 Å². The Bertz CT molecular complexity index is 990. The molecule has 0 atom stereocenters. The molecule has 156 valence electrons. The van der Waals surface area contributed by atoms with Crippen molar-refractivity contribution in [2.75, 3.05) is 24.3 Å². The molecule has 30 heavy (non-hydrogen) atoms. The zero-order valence-corrected chi connectivity index (χ0v) is 17.8. The number of nitrogens with two attached hydrogens (primary N) is 1. The number of carbonyl (C=O) groups excluding carboxylic acids is 1. The second kappa shape index (κ2) is 10.8. The monoisotopic (exact) mass is 423 g/mol. The van der Waals surface area contributed by atoms with E-state index in [9.17, 15) is 4.79 Å². The third-order valence-electron chi connectivity index (χ3n) is 4.63. The first-order valence-electron chi connectivity index (χ1n) is 10.1. The fourth-order valence-electron chi connectivity index (χ4n) is 3.04. The van der Waals surface area contributed by atoms with Gasteiger partial charge in [-0.3, -0.25) is 9.78 Å². The number of pyridine rings is 1. The minimum absolute atomic E-state index is 0.223. The Morgan fingerprint density at radius 2 is 1.90 bits per heavy atom. The number of benzene rings is 2. The van der Waals surface area contributed by atoms with Crippen molar-refractivity contribution in [1.82, 2.24) is 4.98 Å². The molecule has 0 aliphatic carbocycles. The average Bonchev–Trinajstić information content (AvgIpc) is 2.75. The van der Waals surface area contributed by atoms with Crippen LogP contribution in [0, 0.1) is 0 Å². The van der Waals surface area contributed by atoms with Crippen LogP contribution in [-0.4, -0.2) is 24.1 Å². The molecule has 0 fully saturated rings. The maximum Gasteiger partial charge on any atom is 0.255 e. The standard InChI is InChI=1S/C24H26ClN3O2/c1-2-13-30-14-5-6-17-15-20(25)23(27-16-17)18-9-11-19(12-10-18)24(29)28-22-8-4-3-7-21(22)26/h3-4,7-12,15-16H,2,5-6,13-14,26H2,1H3,(H,28,29). The molecule has 5 nitrogen and oxygen atoms in total. The van der Waals surface area contributed by atoms with E-state index in [1.54, 1.807) is 24.3 Å². The summed E-state index contributed by atoms with van der Waals surface area (Å²) in [4.78, 5) is 17.0. The highest BCUT2D eigenvalue weighted by atomic mass is 35.5. The van der Waals surface area contributed by atoms with E-state index in [0.717, 1.165) is 43.6 Å². The van der Waals surface area contributed by atoms with E-state index in [2.05, 4.69) is 17.2 Å². The Balaban J connectivity index is 1.64. The second-order valence-corrected chi connectivity index (χ2v) is 7.42. The number of nitrogens with zero attached hydrogens (tertiary/aromatic N) is 1. The van der Waals surface area contributed by atoms with E-state index in [-0.39, 0.29) is 5.91 Å². The quantitative estimate of drug-likeness (QED) is 0.347. The zero-order chi connectivity index (χ0) is 21.3. The number of aromatic nitrogens is 1. The minimum Gasteiger partial charge on any atom is -0.397 e. The summed E-state index contributed by atoms with van der Waals surface area (Å²) in [7, 11) is 0. The Hall–Kier alpha value is -2.89. The van der Waals surface area contributed by atoms with Gasteiger partial charge in [0.25, 0.3) is 5.91 Å². The molecular weight excluding hydrogens is 398 g/mol. The van der Waals surface area contributed by atoms with Crippen LogP contribution >= 0.6 is 11.6 Å². The molecule has 0 spiro atoms. The molecule has 2 aromatic carbocycles. The van der Waals surface area contributed by atoms with Gasteiger partial charge in [0.1, 0.15) is 0 Å². The summed E-state index contributed by atoms with van der Waals surface area (Å²) in [5.41, 5.74) is 10.2. The fourth-order valence-corrected chi connectivity index (χ4v) is 3.33. The van der Waals surface area contributed by atoms with Crippen LogP contribution in [0.4, 0.5) is 11.4 Å². The van der Waals surface area contributed by atoms with Gasteiger partial charge in [0, 0.05) is 30.5 Å². The minimum atomic E-state index is -0.223. The molecule has 3 aromatic rings. The SMILES string of the molecule is CCCOCCCc1cnc(-c2ccc(C(=O)Nc3ccccc3N)cc2)c(Cl)c1. The number of rotatable bonds is 9. The highest BCUT2D eigenvalue weighted by Crippen LogP contribution is 2.27. The smallest absolute Gasteiger partial charge is 0.255 e. The number of aryl methyl sites for hydroxylation is 1. The molecule has 0 saturated carbocycles. The average molecular weight is 424 g/mol. The predicted molar refractivity (Wildman–Crippen MR) is 123 cm³/mol. The lowest BCUT2D eigenvalue weighted by molar-refractivity contribution is 0.102. The molecule has 0 radical (unpaired) electrons. The fraction of sp³-hybridized carbons (Fsp3) is 0.250. The zero-order valence-electron chi connectivity index (χ0n) is 17.0. The molecule has 3 rings (SSSR count). The van der Waals surface area contributed by atoms with Gasteiger partial charge in [-0.2, -0.15) is 0 Å². The van der Waals surface area contributed by atoms with Crippen molar-refractivity contribution in [1.29, 1.82) is 0 Å². The maximum absolute atomic E-state index is 12.5. The van der Waals surface area contributed by atoms with E-state index in [1.807, 2.05) is 36.5 Å². The van der Waals surface area contributed by atoms with E-state index in [4.69, 9.17) is 22.1 Å². The van der Waals surface area contributed by atoms with Gasteiger partial charge in [0.2, 0.25) is 0 Å². The van der Waals surface area contributed by atoms with E-state index >= 15 is 0 Å². The van der Waals surface area contributed by atoms with Crippen LogP contribution < -0.4 is 11.1 Å². The summed E-state index contributed by atoms with van der Waals surface area (Å²) in [6.07, 6.45) is 4.69. The van der Waals surface area contributed by atoms with Crippen molar-refractivity contribution in [2.45, 2.75) is 26.2 Å². The first kappa shape index (κ1) is 21.8. The van der Waals surface area contributed by atoms with Crippen LogP contribution in [0.25, 0.3) is 11.3 Å². The number of para-hydroxylation sites is 2. The van der Waals surface area contributed by atoms with Crippen LogP contribution in [0.1, 0.15) is 35.7 Å². The van der Waals surface area contributed by atoms with Crippen molar-refractivity contribution in [2.24, 2.45) is 0 Å². The number of nitrogen functional groups attached to an aromatic ring is 1. The molecule has 0 unspecified atom stereocenters. The number of ether oxygens (including phenoxy) is 1. The lowest BCUT2D eigenvalue weighted by Crippen LogP contribution is -2.13. The topological polar surface area (TPSA) is 77.2 Å². The third-order valence-corrected chi connectivity index (χ3v) is 4.92. The summed E-state index contributed by atoms with van der Waals surface area (Å²) in [5.74, 6) is -0.223. The number of anilines is 2. The van der Waals surface area contributed by atoms with E-state index in [0.29, 0.717) is 27.7 Å². The van der Waals surface area contributed by atoms with Crippen molar-refractivity contribution >= 4 is 28.9 Å². The molecule has 1 amide bonds. The van der Waals surface area contributed by atoms with E-state index in [1.165, 1.54) is 0 Å². The maximum atomic E-state index is 12.5. The summed E-state index contributed by atoms with van der Waals surface area (Å²) in [6.45, 7) is 3.64. The summed E-state index contributed by atoms with van der Waals surface area (Å²) in [5, 5.41) is 3.41. The van der Waals surface area contributed by atoms with Gasteiger partial charge < -0.3 is 15.8 Å². The first-order chi connectivity index (χ1) is 14.6. The molecule has 0 bridgehead atoms. The number of hydrogen-bond donors (Lipinski definition) is 2. The Kier molecular flexibility index (Phi) is 7.82. The molecule has 1 aromatic heterocycles. The van der Waals surface area contributed by atoms with Crippen molar-refractivity contribution in [3.05, 3.63) is 76.9 Å². The molecule has 0 saturated heterocycles. The molecule has 3 N–H and O–H groups in total. The van der Waals surface area contributed by atoms with Crippen LogP contribution in [0.2, 0.25) is 5.02 Å².